The minimum Gasteiger partial charge on any atom is -0.379 e. The van der Waals surface area contributed by atoms with Crippen molar-refractivity contribution in [3.05, 3.63) is 65.2 Å². The monoisotopic (exact) mass is 424 g/mol. The van der Waals surface area contributed by atoms with Gasteiger partial charge in [0.1, 0.15) is 11.6 Å². The molecule has 0 N–H and O–H groups in total. The van der Waals surface area contributed by atoms with Gasteiger partial charge in [-0.2, -0.15) is 4.31 Å². The maximum Gasteiger partial charge on any atom is 0.254 e. The maximum atomic E-state index is 14.0. The third-order valence-corrected chi connectivity index (χ3v) is 6.66. The van der Waals surface area contributed by atoms with Crippen LogP contribution in [0.3, 0.4) is 0 Å². The summed E-state index contributed by atoms with van der Waals surface area (Å²) in [6, 6.07) is 9.21. The number of hydrogen-bond donors (Lipinski definition) is 0. The summed E-state index contributed by atoms with van der Waals surface area (Å²) in [4.78, 5) is 14.2. The van der Waals surface area contributed by atoms with Crippen LogP contribution in [0.15, 0.2) is 47.4 Å². The number of nitrogens with zero attached hydrogens (tertiary/aromatic N) is 2. The summed E-state index contributed by atoms with van der Waals surface area (Å²) in [5.41, 5.74) is -0.0716. The number of halogens is 2. The summed E-state index contributed by atoms with van der Waals surface area (Å²) >= 11 is 0. The van der Waals surface area contributed by atoms with Crippen molar-refractivity contribution >= 4 is 15.9 Å². The maximum absolute atomic E-state index is 14.0. The smallest absolute Gasteiger partial charge is 0.254 e. The highest BCUT2D eigenvalue weighted by Crippen LogP contribution is 2.21. The average molecular weight is 424 g/mol. The van der Waals surface area contributed by atoms with Gasteiger partial charge in [0.2, 0.25) is 10.0 Å². The summed E-state index contributed by atoms with van der Waals surface area (Å²) in [7, 11) is -3.76. The standard InChI is InChI=1S/C20H22F2N2O4S/c1-2-23(14-17-18(21)7-4-8-19(17)22)20(25)15-5-3-6-16(13-15)29(26,27)24-9-11-28-12-10-24/h3-8,13H,2,9-12,14H2,1H3. The molecular weight excluding hydrogens is 402 g/mol. The van der Waals surface area contributed by atoms with Crippen molar-refractivity contribution in [1.82, 2.24) is 9.21 Å². The SMILES string of the molecule is CCN(Cc1c(F)cccc1F)C(=O)c1cccc(S(=O)(=O)N2CCOCC2)c1. The van der Waals surface area contributed by atoms with Crippen molar-refractivity contribution in [1.29, 1.82) is 0 Å². The molecule has 1 saturated heterocycles. The molecule has 0 unspecified atom stereocenters. The fourth-order valence-corrected chi connectivity index (χ4v) is 4.56. The van der Waals surface area contributed by atoms with Crippen molar-refractivity contribution in [2.75, 3.05) is 32.8 Å². The molecule has 29 heavy (non-hydrogen) atoms. The Kier molecular flexibility index (Phi) is 6.61. The Morgan fingerprint density at radius 3 is 2.34 bits per heavy atom. The second-order valence-corrected chi connectivity index (χ2v) is 8.50. The van der Waals surface area contributed by atoms with Crippen molar-refractivity contribution in [2.24, 2.45) is 0 Å². The van der Waals surface area contributed by atoms with E-state index in [0.29, 0.717) is 13.2 Å². The fourth-order valence-electron chi connectivity index (χ4n) is 3.11. The van der Waals surface area contributed by atoms with Crippen LogP contribution in [0.1, 0.15) is 22.8 Å². The molecular formula is C20H22F2N2O4S. The summed E-state index contributed by atoms with van der Waals surface area (Å²) in [6.07, 6.45) is 0. The van der Waals surface area contributed by atoms with Gasteiger partial charge in [0.25, 0.3) is 5.91 Å². The van der Waals surface area contributed by atoms with E-state index in [9.17, 15) is 22.0 Å². The Hall–Kier alpha value is -2.36. The number of amides is 1. The second-order valence-electron chi connectivity index (χ2n) is 6.56. The number of sulfonamides is 1. The Balaban J connectivity index is 1.86. The largest absolute Gasteiger partial charge is 0.379 e. The van der Waals surface area contributed by atoms with Crippen LogP contribution in [0, 0.1) is 11.6 Å². The molecule has 1 fully saturated rings. The molecule has 0 atom stereocenters. The molecule has 0 bridgehead atoms. The minimum absolute atomic E-state index is 0.00150. The fraction of sp³-hybridized carbons (Fsp3) is 0.350. The van der Waals surface area contributed by atoms with Crippen molar-refractivity contribution in [3.63, 3.8) is 0 Å². The predicted octanol–water partition coefficient (Wildman–Crippen LogP) is 2.65. The highest BCUT2D eigenvalue weighted by atomic mass is 32.2. The third-order valence-electron chi connectivity index (χ3n) is 4.77. The van der Waals surface area contributed by atoms with E-state index in [4.69, 9.17) is 4.74 Å². The Labute approximate surface area is 168 Å². The van der Waals surface area contributed by atoms with E-state index in [-0.39, 0.29) is 42.2 Å². The average Bonchev–Trinajstić information content (AvgIpc) is 2.74. The lowest BCUT2D eigenvalue weighted by molar-refractivity contribution is 0.0729. The van der Waals surface area contributed by atoms with Crippen molar-refractivity contribution in [2.45, 2.75) is 18.4 Å². The zero-order chi connectivity index (χ0) is 21.0. The van der Waals surface area contributed by atoms with Crippen molar-refractivity contribution < 1.29 is 26.7 Å². The molecule has 1 aliphatic heterocycles. The zero-order valence-electron chi connectivity index (χ0n) is 16.0. The van der Waals surface area contributed by atoms with Crippen LogP contribution in [0.4, 0.5) is 8.78 Å². The Morgan fingerprint density at radius 1 is 1.10 bits per heavy atom. The topological polar surface area (TPSA) is 66.9 Å². The van der Waals surface area contributed by atoms with Crippen LogP contribution in [-0.4, -0.2) is 56.4 Å². The highest BCUT2D eigenvalue weighted by molar-refractivity contribution is 7.89. The second kappa shape index (κ2) is 8.98. The molecule has 1 aliphatic rings. The summed E-state index contributed by atoms with van der Waals surface area (Å²) in [6.45, 7) is 2.75. The van der Waals surface area contributed by atoms with Gasteiger partial charge in [-0.1, -0.05) is 12.1 Å². The number of carbonyl (C=O) groups excluding carboxylic acids is 1. The van der Waals surface area contributed by atoms with Crippen LogP contribution >= 0.6 is 0 Å². The minimum atomic E-state index is -3.76. The molecule has 0 radical (unpaired) electrons. The number of benzene rings is 2. The number of carbonyl (C=O) groups is 1. The van der Waals surface area contributed by atoms with Crippen LogP contribution in [0.2, 0.25) is 0 Å². The van der Waals surface area contributed by atoms with E-state index in [2.05, 4.69) is 0 Å². The number of hydrogen-bond acceptors (Lipinski definition) is 4. The van der Waals surface area contributed by atoms with Crippen LogP contribution in [-0.2, 0) is 21.3 Å². The van der Waals surface area contributed by atoms with E-state index >= 15 is 0 Å². The molecule has 0 spiro atoms. The Bertz CT molecular complexity index is 971. The first-order valence-electron chi connectivity index (χ1n) is 9.24. The first-order valence-corrected chi connectivity index (χ1v) is 10.7. The van der Waals surface area contributed by atoms with Crippen molar-refractivity contribution in [3.8, 4) is 0 Å². The Morgan fingerprint density at radius 2 is 1.72 bits per heavy atom. The lowest BCUT2D eigenvalue weighted by atomic mass is 10.1. The molecule has 1 heterocycles. The van der Waals surface area contributed by atoms with E-state index in [0.717, 1.165) is 12.1 Å². The molecule has 0 saturated carbocycles. The number of rotatable bonds is 6. The van der Waals surface area contributed by atoms with Crippen LogP contribution in [0.5, 0.6) is 0 Å². The summed E-state index contributed by atoms with van der Waals surface area (Å²) < 4.78 is 60.1. The van der Waals surface area contributed by atoms with E-state index in [1.807, 2.05) is 0 Å². The van der Waals surface area contributed by atoms with Gasteiger partial charge in [-0.15, -0.1) is 0 Å². The highest BCUT2D eigenvalue weighted by Gasteiger charge is 2.27. The van der Waals surface area contributed by atoms with Gasteiger partial charge >= 0.3 is 0 Å². The van der Waals surface area contributed by atoms with Gasteiger partial charge in [-0.3, -0.25) is 4.79 Å². The van der Waals surface area contributed by atoms with Gasteiger partial charge in [-0.25, -0.2) is 17.2 Å². The molecule has 1 amide bonds. The predicted molar refractivity (Wildman–Crippen MR) is 103 cm³/mol. The molecule has 0 aliphatic carbocycles. The normalized spacial score (nSPS) is 15.3. The van der Waals surface area contributed by atoms with E-state index < -0.39 is 27.6 Å². The molecule has 9 heteroatoms. The van der Waals surface area contributed by atoms with Gasteiger partial charge in [-0.05, 0) is 37.3 Å². The van der Waals surface area contributed by atoms with E-state index in [1.54, 1.807) is 6.92 Å². The summed E-state index contributed by atoms with van der Waals surface area (Å²) in [5.74, 6) is -1.98. The van der Waals surface area contributed by atoms with Gasteiger partial charge in [0.15, 0.2) is 0 Å². The summed E-state index contributed by atoms with van der Waals surface area (Å²) in [5, 5.41) is 0. The lowest BCUT2D eigenvalue weighted by Gasteiger charge is -2.26. The van der Waals surface area contributed by atoms with Gasteiger partial charge in [0.05, 0.1) is 24.7 Å². The van der Waals surface area contributed by atoms with Crippen LogP contribution < -0.4 is 0 Å². The molecule has 156 valence electrons. The first kappa shape index (κ1) is 21.4. The van der Waals surface area contributed by atoms with Gasteiger partial charge in [0, 0.05) is 30.8 Å². The quantitative estimate of drug-likeness (QED) is 0.715. The molecule has 2 aromatic rings. The third kappa shape index (κ3) is 4.63. The molecule has 0 aromatic heterocycles. The first-order chi connectivity index (χ1) is 13.8. The van der Waals surface area contributed by atoms with Gasteiger partial charge < -0.3 is 9.64 Å². The molecule has 2 aromatic carbocycles. The lowest BCUT2D eigenvalue weighted by Crippen LogP contribution is -2.40. The van der Waals surface area contributed by atoms with E-state index in [1.165, 1.54) is 39.5 Å². The van der Waals surface area contributed by atoms with Crippen LogP contribution in [0.25, 0.3) is 0 Å². The number of morpholine rings is 1. The molecule has 3 rings (SSSR count). The number of ether oxygens (including phenoxy) is 1. The molecule has 6 nitrogen and oxygen atoms in total. The zero-order valence-corrected chi connectivity index (χ0v) is 16.8.